The maximum Gasteiger partial charge on any atom is 0.257 e. The van der Waals surface area contributed by atoms with Crippen LogP contribution in [0.25, 0.3) is 5.65 Å². The second-order valence-corrected chi connectivity index (χ2v) is 8.88. The van der Waals surface area contributed by atoms with E-state index in [0.717, 1.165) is 16.9 Å². The van der Waals surface area contributed by atoms with Crippen LogP contribution in [-0.4, -0.2) is 55.0 Å². The van der Waals surface area contributed by atoms with Gasteiger partial charge in [-0.25, -0.2) is 4.98 Å². The van der Waals surface area contributed by atoms with Crippen molar-refractivity contribution in [1.29, 1.82) is 0 Å². The molecule has 1 aromatic carbocycles. The zero-order valence-corrected chi connectivity index (χ0v) is 19.8. The first-order valence-electron chi connectivity index (χ1n) is 11.7. The minimum atomic E-state index is -0.135. The molecule has 2 amide bonds. The second-order valence-electron chi connectivity index (χ2n) is 8.88. The average molecular weight is 473 g/mol. The van der Waals surface area contributed by atoms with Crippen molar-refractivity contribution in [1.82, 2.24) is 29.4 Å². The number of carbonyl (C=O) groups is 2. The molecule has 4 aromatic rings. The molecule has 5 rings (SSSR count). The molecule has 0 atom stereocenters. The Morgan fingerprint density at radius 2 is 1.91 bits per heavy atom. The van der Waals surface area contributed by atoms with Crippen molar-refractivity contribution >= 4 is 17.5 Å². The lowest BCUT2D eigenvalue weighted by Gasteiger charge is -2.32. The van der Waals surface area contributed by atoms with E-state index in [4.69, 9.17) is 4.74 Å². The summed E-state index contributed by atoms with van der Waals surface area (Å²) in [7, 11) is 1.78. The summed E-state index contributed by atoms with van der Waals surface area (Å²) in [4.78, 5) is 32.2. The molecule has 35 heavy (non-hydrogen) atoms. The number of rotatable bonds is 6. The first-order valence-corrected chi connectivity index (χ1v) is 11.7. The first-order chi connectivity index (χ1) is 17.0. The topological polar surface area (TPSA) is 93.8 Å². The van der Waals surface area contributed by atoms with Crippen LogP contribution in [0, 0.1) is 6.92 Å². The molecule has 9 nitrogen and oxygen atoms in total. The van der Waals surface area contributed by atoms with Crippen LogP contribution in [0.15, 0.2) is 61.2 Å². The molecule has 1 N–H and O–H groups in total. The number of benzene rings is 1. The summed E-state index contributed by atoms with van der Waals surface area (Å²) in [5.41, 5.74) is 3.86. The van der Waals surface area contributed by atoms with Crippen molar-refractivity contribution in [3.05, 3.63) is 83.6 Å². The highest BCUT2D eigenvalue weighted by Gasteiger charge is 2.26. The highest BCUT2D eigenvalue weighted by molar-refractivity contribution is 5.97. The van der Waals surface area contributed by atoms with Crippen LogP contribution < -0.4 is 10.1 Å². The van der Waals surface area contributed by atoms with Crippen LogP contribution >= 0.6 is 0 Å². The van der Waals surface area contributed by atoms with Gasteiger partial charge in [-0.1, -0.05) is 18.2 Å². The van der Waals surface area contributed by atoms with Gasteiger partial charge >= 0.3 is 0 Å². The lowest BCUT2D eigenvalue weighted by molar-refractivity contribution is 0.0693. The maximum atomic E-state index is 13.3. The van der Waals surface area contributed by atoms with Gasteiger partial charge in [0.2, 0.25) is 0 Å². The average Bonchev–Trinajstić information content (AvgIpc) is 3.50. The summed E-state index contributed by atoms with van der Waals surface area (Å²) < 4.78 is 9.62. The molecule has 4 heterocycles. The minimum absolute atomic E-state index is 0.0248. The van der Waals surface area contributed by atoms with E-state index in [0.29, 0.717) is 42.8 Å². The van der Waals surface area contributed by atoms with Crippen molar-refractivity contribution < 1.29 is 14.3 Å². The number of piperidine rings is 1. The molecule has 9 heteroatoms. The SMILES string of the molecule is Cc1cccn2cc(COc3ccccc3C(=O)N3CCC(NC(=O)c4cnn(C)c4)CC3)nc12. The number of nitrogens with one attached hydrogen (secondary N) is 1. The number of carbonyl (C=O) groups excluding carboxylic acids is 2. The lowest BCUT2D eigenvalue weighted by Crippen LogP contribution is -2.46. The first kappa shape index (κ1) is 22.6. The van der Waals surface area contributed by atoms with Gasteiger partial charge in [0.15, 0.2) is 0 Å². The predicted molar refractivity (Wildman–Crippen MR) is 130 cm³/mol. The van der Waals surface area contributed by atoms with E-state index >= 15 is 0 Å². The Morgan fingerprint density at radius 1 is 1.11 bits per heavy atom. The van der Waals surface area contributed by atoms with Crippen LogP contribution in [0.1, 0.15) is 44.8 Å². The largest absolute Gasteiger partial charge is 0.486 e. The van der Waals surface area contributed by atoms with Crippen molar-refractivity contribution in [2.24, 2.45) is 7.05 Å². The normalized spacial score (nSPS) is 14.3. The van der Waals surface area contributed by atoms with Crippen molar-refractivity contribution in [3.8, 4) is 5.75 Å². The van der Waals surface area contributed by atoms with Crippen molar-refractivity contribution in [2.45, 2.75) is 32.4 Å². The fourth-order valence-electron chi connectivity index (χ4n) is 4.40. The minimum Gasteiger partial charge on any atom is -0.486 e. The molecule has 0 aliphatic carbocycles. The number of ether oxygens (including phenoxy) is 1. The zero-order chi connectivity index (χ0) is 24.4. The molecular formula is C26H28N6O3. The third-order valence-corrected chi connectivity index (χ3v) is 6.31. The van der Waals surface area contributed by atoms with E-state index < -0.39 is 0 Å². The lowest BCUT2D eigenvalue weighted by atomic mass is 10.0. The molecular weight excluding hydrogens is 444 g/mol. The van der Waals surface area contributed by atoms with Crippen LogP contribution in [0.5, 0.6) is 5.75 Å². The van der Waals surface area contributed by atoms with Gasteiger partial charge in [0.25, 0.3) is 11.8 Å². The Balaban J connectivity index is 1.20. The van der Waals surface area contributed by atoms with E-state index in [1.165, 1.54) is 0 Å². The Morgan fingerprint density at radius 3 is 2.66 bits per heavy atom. The summed E-state index contributed by atoms with van der Waals surface area (Å²) in [6.07, 6.45) is 8.54. The van der Waals surface area contributed by atoms with Gasteiger partial charge in [-0.15, -0.1) is 0 Å². The fourth-order valence-corrected chi connectivity index (χ4v) is 4.40. The number of nitrogens with zero attached hydrogens (tertiary/aromatic N) is 5. The summed E-state index contributed by atoms with van der Waals surface area (Å²) in [5, 5.41) is 7.09. The Kier molecular flexibility index (Phi) is 6.22. The Labute approximate surface area is 203 Å². The number of fused-ring (bicyclic) bond motifs is 1. The quantitative estimate of drug-likeness (QED) is 0.466. The number of pyridine rings is 1. The highest BCUT2D eigenvalue weighted by Crippen LogP contribution is 2.23. The summed E-state index contributed by atoms with van der Waals surface area (Å²) in [6.45, 7) is 3.43. The molecule has 1 saturated heterocycles. The monoisotopic (exact) mass is 472 g/mol. The number of amides is 2. The van der Waals surface area contributed by atoms with Gasteiger partial charge in [0.05, 0.1) is 23.0 Å². The zero-order valence-electron chi connectivity index (χ0n) is 19.8. The van der Waals surface area contributed by atoms with E-state index in [1.807, 2.05) is 58.9 Å². The third-order valence-electron chi connectivity index (χ3n) is 6.31. The van der Waals surface area contributed by atoms with Crippen LogP contribution in [0.3, 0.4) is 0 Å². The van der Waals surface area contributed by atoms with E-state index in [1.54, 1.807) is 30.2 Å². The summed E-state index contributed by atoms with van der Waals surface area (Å²) in [5.74, 6) is 0.338. The van der Waals surface area contributed by atoms with Crippen molar-refractivity contribution in [3.63, 3.8) is 0 Å². The number of hydrogen-bond acceptors (Lipinski definition) is 5. The summed E-state index contributed by atoms with van der Waals surface area (Å²) >= 11 is 0. The predicted octanol–water partition coefficient (Wildman–Crippen LogP) is 2.99. The van der Waals surface area contributed by atoms with Crippen LogP contribution in [-0.2, 0) is 13.7 Å². The molecule has 3 aromatic heterocycles. The molecule has 0 spiro atoms. The van der Waals surface area contributed by atoms with E-state index in [-0.39, 0.29) is 24.5 Å². The highest BCUT2D eigenvalue weighted by atomic mass is 16.5. The second kappa shape index (κ2) is 9.61. The molecule has 1 aliphatic rings. The van der Waals surface area contributed by atoms with Gasteiger partial charge in [-0.3, -0.25) is 14.3 Å². The van der Waals surface area contributed by atoms with Crippen molar-refractivity contribution in [2.75, 3.05) is 13.1 Å². The standard InChI is InChI=1S/C26H28N6O3/c1-18-6-5-11-32-16-21(28-24(18)32)17-35-23-8-4-3-7-22(23)26(34)31-12-9-20(10-13-31)29-25(33)19-14-27-30(2)15-19/h3-8,11,14-16,20H,9-10,12-13,17H2,1-2H3,(H,29,33). The number of likely N-dealkylation sites (tertiary alicyclic amines) is 1. The fraction of sp³-hybridized carbons (Fsp3) is 0.308. The van der Waals surface area contributed by atoms with Crippen LogP contribution in [0.2, 0.25) is 0 Å². The Bertz CT molecular complexity index is 1370. The van der Waals surface area contributed by atoms with Gasteiger partial charge in [0, 0.05) is 44.8 Å². The van der Waals surface area contributed by atoms with Gasteiger partial charge < -0.3 is 19.4 Å². The Hall–Kier alpha value is -4.14. The molecule has 0 bridgehead atoms. The number of hydrogen-bond donors (Lipinski definition) is 1. The molecule has 0 unspecified atom stereocenters. The number of para-hydroxylation sites is 1. The molecule has 1 aliphatic heterocycles. The van der Waals surface area contributed by atoms with Crippen LogP contribution in [0.4, 0.5) is 0 Å². The third kappa shape index (κ3) is 4.89. The van der Waals surface area contributed by atoms with Gasteiger partial charge in [-0.2, -0.15) is 5.10 Å². The van der Waals surface area contributed by atoms with E-state index in [9.17, 15) is 9.59 Å². The van der Waals surface area contributed by atoms with E-state index in [2.05, 4.69) is 15.4 Å². The molecule has 0 saturated carbocycles. The van der Waals surface area contributed by atoms with Gasteiger partial charge in [-0.05, 0) is 43.5 Å². The number of imidazole rings is 1. The molecule has 1 fully saturated rings. The maximum absolute atomic E-state index is 13.3. The van der Waals surface area contributed by atoms with Gasteiger partial charge in [0.1, 0.15) is 18.0 Å². The smallest absolute Gasteiger partial charge is 0.257 e. The molecule has 0 radical (unpaired) electrons. The number of aromatic nitrogens is 4. The number of aryl methyl sites for hydroxylation is 2. The summed E-state index contributed by atoms with van der Waals surface area (Å²) in [6, 6.07) is 11.3. The molecule has 180 valence electrons.